The van der Waals surface area contributed by atoms with E-state index in [1.807, 2.05) is 6.92 Å². The molecule has 0 unspecified atom stereocenters. The third-order valence-corrected chi connectivity index (χ3v) is 2.32. The van der Waals surface area contributed by atoms with Gasteiger partial charge >= 0.3 is 5.97 Å². The second kappa shape index (κ2) is 4.45. The lowest BCUT2D eigenvalue weighted by atomic mass is 10.1. The number of rotatable bonds is 3. The molecule has 0 amide bonds. The number of carbonyl (C=O) groups excluding carboxylic acids is 2. The van der Waals surface area contributed by atoms with Gasteiger partial charge in [0.25, 0.3) is 5.78 Å². The molecule has 0 aliphatic carbocycles. The van der Waals surface area contributed by atoms with E-state index in [1.165, 1.54) is 0 Å². The van der Waals surface area contributed by atoms with Gasteiger partial charge in [0.15, 0.2) is 11.5 Å². The second-order valence-electron chi connectivity index (χ2n) is 3.60. The van der Waals surface area contributed by atoms with E-state index in [2.05, 4.69) is 4.74 Å². The molecule has 1 aromatic rings. The van der Waals surface area contributed by atoms with Crippen molar-refractivity contribution in [3.63, 3.8) is 0 Å². The summed E-state index contributed by atoms with van der Waals surface area (Å²) in [6.07, 6.45) is 0. The van der Waals surface area contributed by atoms with Crippen LogP contribution in [0.4, 0.5) is 0 Å². The molecule has 1 aliphatic heterocycles. The molecule has 0 spiro atoms. The summed E-state index contributed by atoms with van der Waals surface area (Å²) in [4.78, 5) is 23.2. The van der Waals surface area contributed by atoms with Crippen molar-refractivity contribution in [1.82, 2.24) is 0 Å². The minimum absolute atomic E-state index is 0.0574. The minimum atomic E-state index is -0.879. The first-order chi connectivity index (χ1) is 8.13. The largest absolute Gasteiger partial charge is 0.460 e. The van der Waals surface area contributed by atoms with Gasteiger partial charge in [-0.15, -0.1) is 0 Å². The predicted octanol–water partition coefficient (Wildman–Crippen LogP) is 1.47. The van der Waals surface area contributed by atoms with Crippen molar-refractivity contribution in [3.05, 3.63) is 23.3 Å². The molecule has 2 rings (SSSR count). The Hall–Kier alpha value is -2.04. The molecule has 0 saturated carbocycles. The van der Waals surface area contributed by atoms with Crippen molar-refractivity contribution >= 4 is 11.8 Å². The molecule has 0 aromatic heterocycles. The normalized spacial score (nSPS) is 12.4. The van der Waals surface area contributed by atoms with Crippen LogP contribution in [0.5, 0.6) is 11.5 Å². The van der Waals surface area contributed by atoms with Crippen LogP contribution in [-0.4, -0.2) is 25.2 Å². The molecule has 17 heavy (non-hydrogen) atoms. The Morgan fingerprint density at radius 3 is 2.82 bits per heavy atom. The van der Waals surface area contributed by atoms with Crippen molar-refractivity contribution in [1.29, 1.82) is 0 Å². The van der Waals surface area contributed by atoms with E-state index in [-0.39, 0.29) is 19.0 Å². The van der Waals surface area contributed by atoms with Crippen LogP contribution in [0.1, 0.15) is 22.8 Å². The molecule has 0 bridgehead atoms. The van der Waals surface area contributed by atoms with Crippen molar-refractivity contribution < 1.29 is 23.8 Å². The number of hydrogen-bond donors (Lipinski definition) is 0. The fraction of sp³-hybridized carbons (Fsp3) is 0.333. The lowest BCUT2D eigenvalue weighted by Gasteiger charge is -2.05. The fourth-order valence-electron chi connectivity index (χ4n) is 1.62. The summed E-state index contributed by atoms with van der Waals surface area (Å²) in [6, 6.07) is 3.34. The van der Waals surface area contributed by atoms with E-state index in [0.29, 0.717) is 11.5 Å². The topological polar surface area (TPSA) is 61.8 Å². The molecule has 0 saturated heterocycles. The van der Waals surface area contributed by atoms with Gasteiger partial charge in [-0.05, 0) is 31.5 Å². The summed E-state index contributed by atoms with van der Waals surface area (Å²) < 4.78 is 15.0. The Kier molecular flexibility index (Phi) is 2.99. The van der Waals surface area contributed by atoms with E-state index in [9.17, 15) is 9.59 Å². The van der Waals surface area contributed by atoms with E-state index in [0.717, 1.165) is 5.56 Å². The van der Waals surface area contributed by atoms with Crippen LogP contribution < -0.4 is 9.47 Å². The van der Waals surface area contributed by atoms with Gasteiger partial charge in [-0.2, -0.15) is 0 Å². The number of aryl methyl sites for hydroxylation is 1. The van der Waals surface area contributed by atoms with Gasteiger partial charge in [0.05, 0.1) is 12.2 Å². The first kappa shape index (κ1) is 11.4. The zero-order chi connectivity index (χ0) is 12.4. The number of ketones is 1. The van der Waals surface area contributed by atoms with Crippen LogP contribution in [-0.2, 0) is 9.53 Å². The zero-order valence-corrected chi connectivity index (χ0v) is 9.61. The van der Waals surface area contributed by atoms with Crippen LogP contribution in [0.3, 0.4) is 0 Å². The van der Waals surface area contributed by atoms with Crippen LogP contribution >= 0.6 is 0 Å². The van der Waals surface area contributed by atoms with Gasteiger partial charge in [0.1, 0.15) is 0 Å². The standard InChI is InChI=1S/C12H12O5/c1-3-15-12(14)10(13)8-4-7(2)5-9-11(8)17-6-16-9/h4-5H,3,6H2,1-2H3. The molecule has 1 aromatic carbocycles. The van der Waals surface area contributed by atoms with Gasteiger partial charge in [-0.1, -0.05) is 0 Å². The predicted molar refractivity (Wildman–Crippen MR) is 58.3 cm³/mol. The van der Waals surface area contributed by atoms with Crippen LogP contribution in [0.15, 0.2) is 12.1 Å². The van der Waals surface area contributed by atoms with Gasteiger partial charge < -0.3 is 14.2 Å². The first-order valence-corrected chi connectivity index (χ1v) is 5.25. The fourth-order valence-corrected chi connectivity index (χ4v) is 1.62. The van der Waals surface area contributed by atoms with Crippen LogP contribution in [0.25, 0.3) is 0 Å². The maximum atomic E-state index is 11.8. The number of hydrogen-bond acceptors (Lipinski definition) is 5. The number of esters is 1. The number of Topliss-reactive ketones (excluding diaryl/α,β-unsaturated/α-hetero) is 1. The molecule has 90 valence electrons. The highest BCUT2D eigenvalue weighted by Crippen LogP contribution is 2.37. The summed E-state index contributed by atoms with van der Waals surface area (Å²) in [5.41, 5.74) is 1.01. The lowest BCUT2D eigenvalue weighted by molar-refractivity contribution is -0.137. The molecular formula is C12H12O5. The molecule has 0 N–H and O–H groups in total. The summed E-state index contributed by atoms with van der Waals surface area (Å²) in [5.74, 6) is -0.792. The Morgan fingerprint density at radius 1 is 1.35 bits per heavy atom. The molecule has 0 fully saturated rings. The third-order valence-electron chi connectivity index (χ3n) is 2.32. The number of ether oxygens (including phenoxy) is 3. The molecule has 5 nitrogen and oxygen atoms in total. The second-order valence-corrected chi connectivity index (χ2v) is 3.60. The Labute approximate surface area is 98.3 Å². The average molecular weight is 236 g/mol. The average Bonchev–Trinajstić information content (AvgIpc) is 2.75. The van der Waals surface area contributed by atoms with Gasteiger partial charge in [-0.25, -0.2) is 4.79 Å². The Balaban J connectivity index is 2.39. The van der Waals surface area contributed by atoms with Crippen LogP contribution in [0.2, 0.25) is 0 Å². The smallest absolute Gasteiger partial charge is 0.379 e. The highest BCUT2D eigenvalue weighted by molar-refractivity contribution is 6.41. The molecule has 0 radical (unpaired) electrons. The molecular weight excluding hydrogens is 224 g/mol. The highest BCUT2D eigenvalue weighted by Gasteiger charge is 2.27. The summed E-state index contributed by atoms with van der Waals surface area (Å²) in [7, 11) is 0. The quantitative estimate of drug-likeness (QED) is 0.452. The van der Waals surface area contributed by atoms with Crippen LogP contribution in [0, 0.1) is 6.92 Å². The van der Waals surface area contributed by atoms with E-state index in [4.69, 9.17) is 9.47 Å². The Morgan fingerprint density at radius 2 is 2.12 bits per heavy atom. The molecule has 0 atom stereocenters. The van der Waals surface area contributed by atoms with Gasteiger partial charge in [0.2, 0.25) is 6.79 Å². The number of benzene rings is 1. The summed E-state index contributed by atoms with van der Waals surface area (Å²) >= 11 is 0. The summed E-state index contributed by atoms with van der Waals surface area (Å²) in [5, 5.41) is 0. The van der Waals surface area contributed by atoms with E-state index < -0.39 is 11.8 Å². The third kappa shape index (κ3) is 2.08. The van der Waals surface area contributed by atoms with Gasteiger partial charge in [-0.3, -0.25) is 4.79 Å². The Bertz CT molecular complexity index is 478. The number of carbonyl (C=O) groups is 2. The molecule has 1 heterocycles. The van der Waals surface area contributed by atoms with Crippen molar-refractivity contribution in [3.8, 4) is 11.5 Å². The number of fused-ring (bicyclic) bond motifs is 1. The van der Waals surface area contributed by atoms with Crippen molar-refractivity contribution in [2.24, 2.45) is 0 Å². The summed E-state index contributed by atoms with van der Waals surface area (Å²) in [6.45, 7) is 3.67. The van der Waals surface area contributed by atoms with E-state index in [1.54, 1.807) is 19.1 Å². The zero-order valence-electron chi connectivity index (χ0n) is 9.61. The van der Waals surface area contributed by atoms with Gasteiger partial charge in [0, 0.05) is 0 Å². The minimum Gasteiger partial charge on any atom is -0.460 e. The maximum Gasteiger partial charge on any atom is 0.379 e. The molecule has 1 aliphatic rings. The first-order valence-electron chi connectivity index (χ1n) is 5.25. The molecule has 5 heteroatoms. The van der Waals surface area contributed by atoms with Crippen molar-refractivity contribution in [2.45, 2.75) is 13.8 Å². The van der Waals surface area contributed by atoms with E-state index >= 15 is 0 Å². The monoisotopic (exact) mass is 236 g/mol. The van der Waals surface area contributed by atoms with Crippen molar-refractivity contribution in [2.75, 3.05) is 13.4 Å². The highest BCUT2D eigenvalue weighted by atomic mass is 16.7. The SMILES string of the molecule is CCOC(=O)C(=O)c1cc(C)cc2c1OCO2. The maximum absolute atomic E-state index is 11.8. The lowest BCUT2D eigenvalue weighted by Crippen LogP contribution is -2.18.